The number of nitrogens with one attached hydrogen (secondary N) is 2. The molecular formula is C15H16N4OS. The molecule has 0 fully saturated rings. The first-order valence-corrected chi connectivity index (χ1v) is 6.76. The van der Waals surface area contributed by atoms with E-state index in [1.165, 1.54) is 0 Å². The fraction of sp³-hybridized carbons (Fsp3) is 0.133. The summed E-state index contributed by atoms with van der Waals surface area (Å²) in [6.07, 6.45) is 3.47. The van der Waals surface area contributed by atoms with Crippen molar-refractivity contribution in [3.05, 3.63) is 54.4 Å². The molecule has 0 amide bonds. The molecule has 0 aliphatic rings. The maximum absolute atomic E-state index is 5.25. The number of hydrogen-bond acceptors (Lipinski definition) is 4. The number of pyridine rings is 1. The number of para-hydroxylation sites is 2. The molecule has 6 heteroatoms. The molecule has 2 rings (SSSR count). The zero-order valence-corrected chi connectivity index (χ0v) is 12.6. The molecule has 5 nitrogen and oxygen atoms in total. The summed E-state index contributed by atoms with van der Waals surface area (Å²) in [7, 11) is 1.61. The first kappa shape index (κ1) is 14.9. The first-order chi connectivity index (χ1) is 10.2. The largest absolute Gasteiger partial charge is 0.495 e. The number of hydrogen-bond donors (Lipinski definition) is 2. The van der Waals surface area contributed by atoms with Crippen LogP contribution in [0.3, 0.4) is 0 Å². The second-order valence-corrected chi connectivity index (χ2v) is 4.61. The predicted octanol–water partition coefficient (Wildman–Crippen LogP) is 2.80. The molecule has 0 bridgehead atoms. The maximum Gasteiger partial charge on any atom is 0.191 e. The van der Waals surface area contributed by atoms with Crippen molar-refractivity contribution in [2.45, 2.75) is 6.92 Å². The molecule has 1 aromatic carbocycles. The van der Waals surface area contributed by atoms with Crippen LogP contribution in [0.1, 0.15) is 12.5 Å². The topological polar surface area (TPSA) is 58.5 Å². The fourth-order valence-corrected chi connectivity index (χ4v) is 1.83. The van der Waals surface area contributed by atoms with E-state index < -0.39 is 0 Å². The van der Waals surface area contributed by atoms with E-state index in [0.717, 1.165) is 22.7 Å². The summed E-state index contributed by atoms with van der Waals surface area (Å²) in [5.74, 6) is 0.717. The highest BCUT2D eigenvalue weighted by atomic mass is 32.1. The molecule has 0 saturated heterocycles. The Balaban J connectivity index is 1.99. The van der Waals surface area contributed by atoms with Crippen LogP contribution in [0.4, 0.5) is 5.69 Å². The maximum atomic E-state index is 5.25. The van der Waals surface area contributed by atoms with Crippen LogP contribution >= 0.6 is 12.2 Å². The second kappa shape index (κ2) is 7.35. The zero-order valence-electron chi connectivity index (χ0n) is 11.8. The van der Waals surface area contributed by atoms with Gasteiger partial charge in [0.1, 0.15) is 5.75 Å². The summed E-state index contributed by atoms with van der Waals surface area (Å²) < 4.78 is 5.25. The van der Waals surface area contributed by atoms with Crippen LogP contribution in [0.5, 0.6) is 5.75 Å². The molecule has 0 atom stereocenters. The Morgan fingerprint density at radius 3 is 2.76 bits per heavy atom. The van der Waals surface area contributed by atoms with Crippen LogP contribution in [0.15, 0.2) is 53.9 Å². The van der Waals surface area contributed by atoms with E-state index in [9.17, 15) is 0 Å². The monoisotopic (exact) mass is 300 g/mol. The molecule has 0 unspecified atom stereocenters. The minimum Gasteiger partial charge on any atom is -0.495 e. The number of aromatic nitrogens is 1. The van der Waals surface area contributed by atoms with Gasteiger partial charge in [-0.3, -0.25) is 10.4 Å². The van der Waals surface area contributed by atoms with Crippen molar-refractivity contribution in [2.24, 2.45) is 5.10 Å². The van der Waals surface area contributed by atoms with Crippen molar-refractivity contribution in [1.82, 2.24) is 10.4 Å². The number of thiocarbonyl (C=S) groups is 1. The molecular weight excluding hydrogens is 284 g/mol. The average Bonchev–Trinajstić information content (AvgIpc) is 2.54. The molecule has 1 heterocycles. The van der Waals surface area contributed by atoms with Crippen molar-refractivity contribution in [3.8, 4) is 5.75 Å². The van der Waals surface area contributed by atoms with E-state index >= 15 is 0 Å². The Labute approximate surface area is 129 Å². The number of rotatable bonds is 4. The highest BCUT2D eigenvalue weighted by Crippen LogP contribution is 2.22. The third kappa shape index (κ3) is 4.25. The van der Waals surface area contributed by atoms with Gasteiger partial charge in [0, 0.05) is 18.0 Å². The Kier molecular flexibility index (Phi) is 5.22. The molecule has 108 valence electrons. The highest BCUT2D eigenvalue weighted by molar-refractivity contribution is 7.80. The van der Waals surface area contributed by atoms with Gasteiger partial charge in [0.05, 0.1) is 18.5 Å². The van der Waals surface area contributed by atoms with Crippen molar-refractivity contribution < 1.29 is 4.74 Å². The summed E-state index contributed by atoms with van der Waals surface area (Å²) in [4.78, 5) is 4.05. The SMILES string of the molecule is COc1ccccc1NC(=S)NN=C(C)c1cccnc1. The van der Waals surface area contributed by atoms with Gasteiger partial charge in [-0.1, -0.05) is 18.2 Å². The Morgan fingerprint density at radius 2 is 2.05 bits per heavy atom. The standard InChI is InChI=1S/C15H16N4OS/c1-11(12-6-5-9-16-10-12)18-19-15(21)17-13-7-3-4-8-14(13)20-2/h3-10H,1-2H3,(H2,17,19,21). The van der Waals surface area contributed by atoms with E-state index in [0.29, 0.717) is 5.11 Å². The predicted molar refractivity (Wildman–Crippen MR) is 88.8 cm³/mol. The summed E-state index contributed by atoms with van der Waals surface area (Å²) in [5, 5.41) is 7.66. The van der Waals surface area contributed by atoms with Crippen LogP contribution < -0.4 is 15.5 Å². The van der Waals surface area contributed by atoms with E-state index in [2.05, 4.69) is 20.8 Å². The van der Waals surface area contributed by atoms with Gasteiger partial charge in [-0.05, 0) is 37.3 Å². The van der Waals surface area contributed by atoms with E-state index in [1.54, 1.807) is 19.5 Å². The van der Waals surface area contributed by atoms with E-state index in [1.807, 2.05) is 43.3 Å². The van der Waals surface area contributed by atoms with Crippen LogP contribution in [-0.4, -0.2) is 22.9 Å². The van der Waals surface area contributed by atoms with Gasteiger partial charge in [-0.15, -0.1) is 0 Å². The lowest BCUT2D eigenvalue weighted by Crippen LogP contribution is -2.25. The van der Waals surface area contributed by atoms with Crippen molar-refractivity contribution >= 4 is 28.7 Å². The minimum atomic E-state index is 0.391. The number of ether oxygens (including phenoxy) is 1. The van der Waals surface area contributed by atoms with Gasteiger partial charge in [0.15, 0.2) is 5.11 Å². The van der Waals surface area contributed by atoms with Crippen LogP contribution in [0, 0.1) is 0 Å². The third-order valence-electron chi connectivity index (χ3n) is 2.76. The molecule has 0 radical (unpaired) electrons. The number of nitrogens with zero attached hydrogens (tertiary/aromatic N) is 2. The molecule has 0 aliphatic carbocycles. The van der Waals surface area contributed by atoms with Crippen LogP contribution in [0.2, 0.25) is 0 Å². The number of anilines is 1. The molecule has 2 N–H and O–H groups in total. The van der Waals surface area contributed by atoms with E-state index in [4.69, 9.17) is 17.0 Å². The quantitative estimate of drug-likeness (QED) is 0.516. The second-order valence-electron chi connectivity index (χ2n) is 4.21. The highest BCUT2D eigenvalue weighted by Gasteiger charge is 2.03. The van der Waals surface area contributed by atoms with Crippen molar-refractivity contribution in [3.63, 3.8) is 0 Å². The van der Waals surface area contributed by atoms with Gasteiger partial charge in [0.2, 0.25) is 0 Å². The molecule has 21 heavy (non-hydrogen) atoms. The van der Waals surface area contributed by atoms with Crippen LogP contribution in [-0.2, 0) is 0 Å². The first-order valence-electron chi connectivity index (χ1n) is 6.35. The molecule has 0 saturated carbocycles. The normalized spacial score (nSPS) is 10.9. The smallest absolute Gasteiger partial charge is 0.191 e. The van der Waals surface area contributed by atoms with Gasteiger partial charge in [0.25, 0.3) is 0 Å². The van der Waals surface area contributed by atoms with Crippen LogP contribution in [0.25, 0.3) is 0 Å². The molecule has 1 aromatic heterocycles. The number of hydrazone groups is 1. The zero-order chi connectivity index (χ0) is 15.1. The molecule has 2 aromatic rings. The lowest BCUT2D eigenvalue weighted by molar-refractivity contribution is 0.417. The summed E-state index contributed by atoms with van der Waals surface area (Å²) >= 11 is 5.21. The molecule has 0 spiro atoms. The Bertz CT molecular complexity index is 643. The number of benzene rings is 1. The van der Waals surface area contributed by atoms with Gasteiger partial charge in [-0.2, -0.15) is 5.10 Å². The minimum absolute atomic E-state index is 0.391. The van der Waals surface area contributed by atoms with Gasteiger partial charge >= 0.3 is 0 Å². The van der Waals surface area contributed by atoms with Crippen molar-refractivity contribution in [1.29, 1.82) is 0 Å². The lowest BCUT2D eigenvalue weighted by Gasteiger charge is -2.11. The van der Waals surface area contributed by atoms with Gasteiger partial charge in [-0.25, -0.2) is 0 Å². The number of methoxy groups -OCH3 is 1. The van der Waals surface area contributed by atoms with Crippen molar-refractivity contribution in [2.75, 3.05) is 12.4 Å². The van der Waals surface area contributed by atoms with E-state index in [-0.39, 0.29) is 0 Å². The molecule has 0 aliphatic heterocycles. The third-order valence-corrected chi connectivity index (χ3v) is 2.95. The Morgan fingerprint density at radius 1 is 1.24 bits per heavy atom. The average molecular weight is 300 g/mol. The Hall–Kier alpha value is -2.47. The summed E-state index contributed by atoms with van der Waals surface area (Å²) in [6.45, 7) is 1.88. The fourth-order valence-electron chi connectivity index (χ4n) is 1.67. The lowest BCUT2D eigenvalue weighted by atomic mass is 10.2. The summed E-state index contributed by atoms with van der Waals surface area (Å²) in [6, 6.07) is 11.3. The summed E-state index contributed by atoms with van der Waals surface area (Å²) in [5.41, 5.74) is 5.32. The van der Waals surface area contributed by atoms with Gasteiger partial charge < -0.3 is 10.1 Å².